The molecule has 10 atom stereocenters. The average molecular weight is 536 g/mol. The highest BCUT2D eigenvalue weighted by Crippen LogP contribution is 2.61. The molecule has 2 bridgehead atoms. The van der Waals surface area contributed by atoms with Gasteiger partial charge in [0.05, 0.1) is 0 Å². The normalized spacial score (nSPS) is 40.2. The van der Waals surface area contributed by atoms with Crippen molar-refractivity contribution in [2.24, 2.45) is 17.8 Å². The minimum atomic E-state index is -0.821. The zero-order valence-electron chi connectivity index (χ0n) is 23.4. The van der Waals surface area contributed by atoms with Crippen molar-refractivity contribution in [3.8, 4) is 5.75 Å². The summed E-state index contributed by atoms with van der Waals surface area (Å²) in [5.74, 6) is 1.79. The fraction of sp³-hybridized carbons (Fsp3) is 0.633. The van der Waals surface area contributed by atoms with E-state index >= 15 is 0 Å². The van der Waals surface area contributed by atoms with Crippen molar-refractivity contribution in [2.45, 2.75) is 89.6 Å². The van der Waals surface area contributed by atoms with E-state index in [0.29, 0.717) is 23.7 Å². The molecule has 0 amide bonds. The SMILES string of the molecule is CC(=O)OC1[C@H](OC2C=CC3[C@H]4Cc5ccc(C)c6c5[C@@]3(CCN4C)[C@H]2O6)OC(c2nnc(C)o2)[C@@H](C)[C@@H]1C. The smallest absolute Gasteiger partial charge is 0.303 e. The molecule has 9 nitrogen and oxygen atoms in total. The molecule has 208 valence electrons. The highest BCUT2D eigenvalue weighted by atomic mass is 16.7. The van der Waals surface area contributed by atoms with Gasteiger partial charge in [0.25, 0.3) is 0 Å². The summed E-state index contributed by atoms with van der Waals surface area (Å²) in [6.07, 6.45) is 4.06. The number of piperidine rings is 1. The summed E-state index contributed by atoms with van der Waals surface area (Å²) in [6.45, 7) is 10.4. The van der Waals surface area contributed by atoms with Gasteiger partial charge in [0, 0.05) is 42.7 Å². The van der Waals surface area contributed by atoms with E-state index in [1.807, 2.05) is 6.92 Å². The highest BCUT2D eigenvalue weighted by molar-refractivity contribution is 5.66. The molecule has 7 rings (SSSR count). The summed E-state index contributed by atoms with van der Waals surface area (Å²) in [4.78, 5) is 14.7. The van der Waals surface area contributed by atoms with Crippen LogP contribution in [0.4, 0.5) is 0 Å². The summed E-state index contributed by atoms with van der Waals surface area (Å²) in [7, 11) is 2.24. The van der Waals surface area contributed by atoms with Crippen LogP contribution in [0.25, 0.3) is 0 Å². The van der Waals surface area contributed by atoms with Gasteiger partial charge in [-0.25, -0.2) is 0 Å². The molecule has 9 heteroatoms. The molecule has 0 saturated carbocycles. The summed E-state index contributed by atoms with van der Waals surface area (Å²) >= 11 is 0. The molecule has 1 aromatic heterocycles. The number of aryl methyl sites for hydroxylation is 2. The van der Waals surface area contributed by atoms with Gasteiger partial charge in [0.1, 0.15) is 24.1 Å². The van der Waals surface area contributed by atoms with Crippen molar-refractivity contribution in [1.29, 1.82) is 0 Å². The van der Waals surface area contributed by atoms with Crippen molar-refractivity contribution >= 4 is 5.97 Å². The van der Waals surface area contributed by atoms with Crippen molar-refractivity contribution in [3.05, 3.63) is 52.8 Å². The topological polar surface area (TPSA) is 96.2 Å². The molecule has 3 aliphatic heterocycles. The predicted molar refractivity (Wildman–Crippen MR) is 140 cm³/mol. The van der Waals surface area contributed by atoms with Crippen LogP contribution in [0.5, 0.6) is 5.75 Å². The molecule has 0 radical (unpaired) electrons. The maximum absolute atomic E-state index is 12.2. The molecule has 2 aromatic rings. The number of carbonyl (C=O) groups is 1. The quantitative estimate of drug-likeness (QED) is 0.428. The average Bonchev–Trinajstić information content (AvgIpc) is 3.49. The maximum atomic E-state index is 12.2. The van der Waals surface area contributed by atoms with Crippen LogP contribution in [0.3, 0.4) is 0 Å². The van der Waals surface area contributed by atoms with Gasteiger partial charge in [0.15, 0.2) is 12.4 Å². The Labute approximate surface area is 228 Å². The number of aromatic nitrogens is 2. The Morgan fingerprint density at radius 3 is 2.72 bits per heavy atom. The van der Waals surface area contributed by atoms with Crippen LogP contribution in [0, 0.1) is 31.6 Å². The molecular formula is C30H37N3O6. The molecule has 1 spiro atoms. The minimum absolute atomic E-state index is 0.0379. The van der Waals surface area contributed by atoms with Crippen LogP contribution in [0.2, 0.25) is 0 Å². The van der Waals surface area contributed by atoms with E-state index in [4.69, 9.17) is 23.4 Å². The third-order valence-electron chi connectivity index (χ3n) is 10.1. The zero-order chi connectivity index (χ0) is 27.2. The third-order valence-corrected chi connectivity index (χ3v) is 10.1. The number of likely N-dealkylation sites (tertiary alicyclic amines) is 1. The number of hydrogen-bond acceptors (Lipinski definition) is 9. The summed E-state index contributed by atoms with van der Waals surface area (Å²) < 4.78 is 31.8. The number of rotatable bonds is 4. The first-order valence-corrected chi connectivity index (χ1v) is 14.2. The van der Waals surface area contributed by atoms with Gasteiger partial charge in [-0.3, -0.25) is 4.79 Å². The fourth-order valence-corrected chi connectivity index (χ4v) is 7.98. The number of carbonyl (C=O) groups excluding carboxylic acids is 1. The lowest BCUT2D eigenvalue weighted by Crippen LogP contribution is -2.65. The standard InChI is InChI=1S/C30H37N3O6/c1-14-7-8-19-13-21-20-9-10-22(27-30(20,11-12-33(21)6)23(19)24(14)38-27)37-29-26(36-18(5)34)16(3)15(2)25(39-29)28-32-31-17(4)35-28/h7-10,15-16,20-22,25-27,29H,11-13H2,1-6H3/t15-,16-,20?,21+,22?,25?,26?,27-,29+,30-/m0/s1. The molecule has 2 fully saturated rings. The van der Waals surface area contributed by atoms with E-state index in [-0.39, 0.29) is 35.4 Å². The first-order chi connectivity index (χ1) is 18.7. The third kappa shape index (κ3) is 3.59. The van der Waals surface area contributed by atoms with E-state index in [9.17, 15) is 4.79 Å². The second kappa shape index (κ2) is 8.88. The monoisotopic (exact) mass is 535 g/mol. The van der Waals surface area contributed by atoms with Crippen molar-refractivity contribution in [1.82, 2.24) is 15.1 Å². The van der Waals surface area contributed by atoms with E-state index in [0.717, 1.165) is 30.7 Å². The first kappa shape index (κ1) is 25.2. The van der Waals surface area contributed by atoms with Gasteiger partial charge in [0.2, 0.25) is 11.8 Å². The summed E-state index contributed by atoms with van der Waals surface area (Å²) in [5.41, 5.74) is 3.77. The molecular weight excluding hydrogens is 498 g/mol. The van der Waals surface area contributed by atoms with Gasteiger partial charge in [-0.2, -0.15) is 0 Å². The Kier molecular flexibility index (Phi) is 5.74. The number of nitrogens with zero attached hydrogens (tertiary/aromatic N) is 3. The summed E-state index contributed by atoms with van der Waals surface area (Å²) in [6, 6.07) is 4.90. The second-order valence-corrected chi connectivity index (χ2v) is 12.2. The zero-order valence-corrected chi connectivity index (χ0v) is 23.4. The molecule has 4 heterocycles. The maximum Gasteiger partial charge on any atom is 0.303 e. The van der Waals surface area contributed by atoms with E-state index in [2.05, 4.69) is 60.3 Å². The Morgan fingerprint density at radius 1 is 1.15 bits per heavy atom. The molecule has 2 aliphatic carbocycles. The van der Waals surface area contributed by atoms with Crippen LogP contribution in [-0.2, 0) is 30.8 Å². The first-order valence-electron chi connectivity index (χ1n) is 14.2. The van der Waals surface area contributed by atoms with Crippen LogP contribution < -0.4 is 4.74 Å². The van der Waals surface area contributed by atoms with Crippen LogP contribution in [0.15, 0.2) is 28.7 Å². The number of likely N-dealkylation sites (N-methyl/N-ethyl adjacent to an activating group) is 1. The van der Waals surface area contributed by atoms with Gasteiger partial charge in [-0.05, 0) is 50.4 Å². The van der Waals surface area contributed by atoms with E-state index in [1.165, 1.54) is 18.1 Å². The van der Waals surface area contributed by atoms with Gasteiger partial charge >= 0.3 is 5.97 Å². The lowest BCUT2D eigenvalue weighted by atomic mass is 9.53. The summed E-state index contributed by atoms with van der Waals surface area (Å²) in [5, 5.41) is 8.25. The van der Waals surface area contributed by atoms with Crippen molar-refractivity contribution in [2.75, 3.05) is 13.6 Å². The lowest BCUT2D eigenvalue weighted by Gasteiger charge is -2.57. The van der Waals surface area contributed by atoms with Gasteiger partial charge < -0.3 is 28.3 Å². The van der Waals surface area contributed by atoms with Crippen LogP contribution in [0.1, 0.15) is 61.8 Å². The fourth-order valence-electron chi connectivity index (χ4n) is 7.98. The Balaban J connectivity index is 1.26. The van der Waals surface area contributed by atoms with Gasteiger partial charge in [-0.1, -0.05) is 38.1 Å². The highest BCUT2D eigenvalue weighted by Gasteiger charge is 2.65. The number of ether oxygens (including phenoxy) is 4. The van der Waals surface area contributed by atoms with Crippen LogP contribution >= 0.6 is 0 Å². The number of benzene rings is 1. The molecule has 2 saturated heterocycles. The Hall–Kier alpha value is -2.75. The van der Waals surface area contributed by atoms with Crippen molar-refractivity contribution in [3.63, 3.8) is 0 Å². The predicted octanol–water partition coefficient (Wildman–Crippen LogP) is 3.82. The molecule has 39 heavy (non-hydrogen) atoms. The largest absolute Gasteiger partial charge is 0.486 e. The number of esters is 1. The molecule has 0 N–H and O–H groups in total. The second-order valence-electron chi connectivity index (χ2n) is 12.2. The van der Waals surface area contributed by atoms with Crippen molar-refractivity contribution < 1.29 is 28.2 Å². The molecule has 5 aliphatic rings. The molecule has 1 aromatic carbocycles. The Bertz CT molecular complexity index is 1340. The van der Waals surface area contributed by atoms with E-state index < -0.39 is 18.5 Å². The van der Waals surface area contributed by atoms with Gasteiger partial charge in [-0.15, -0.1) is 10.2 Å². The van der Waals surface area contributed by atoms with E-state index in [1.54, 1.807) is 6.92 Å². The number of hydrogen-bond donors (Lipinski definition) is 0. The Morgan fingerprint density at radius 2 is 1.97 bits per heavy atom. The lowest BCUT2D eigenvalue weighted by molar-refractivity contribution is -0.296. The molecule has 4 unspecified atom stereocenters. The minimum Gasteiger partial charge on any atom is -0.486 e. The van der Waals surface area contributed by atoms with Crippen LogP contribution in [-0.4, -0.2) is 65.3 Å².